The molecule has 2 rings (SSSR count). The molecular formula is C21H30N2O4. The van der Waals surface area contributed by atoms with Gasteiger partial charge in [0.15, 0.2) is 5.54 Å². The lowest BCUT2D eigenvalue weighted by atomic mass is 9.96. The Balaban J connectivity index is 2.05. The van der Waals surface area contributed by atoms with E-state index in [0.29, 0.717) is 31.9 Å². The number of ether oxygens (including phenoxy) is 2. The quantitative estimate of drug-likeness (QED) is 0.435. The lowest BCUT2D eigenvalue weighted by molar-refractivity contribution is -0.126. The fraction of sp³-hybridized carbons (Fsp3) is 0.524. The van der Waals surface area contributed by atoms with Crippen molar-refractivity contribution in [3.8, 4) is 5.75 Å². The number of aliphatic hydroxyl groups excluding tert-OH is 1. The summed E-state index contributed by atoms with van der Waals surface area (Å²) in [4.78, 5) is 17.3. The maximum absolute atomic E-state index is 12.7. The summed E-state index contributed by atoms with van der Waals surface area (Å²) < 4.78 is 11.3. The molecule has 1 aliphatic rings. The number of hydrogen-bond acceptors (Lipinski definition) is 5. The summed E-state index contributed by atoms with van der Waals surface area (Å²) in [6, 6.07) is 7.38. The fourth-order valence-electron chi connectivity index (χ4n) is 2.84. The van der Waals surface area contributed by atoms with Crippen LogP contribution in [0, 0.1) is 0 Å². The third-order valence-corrected chi connectivity index (χ3v) is 4.41. The average Bonchev–Trinajstić information content (AvgIpc) is 3.12. The highest BCUT2D eigenvalue weighted by molar-refractivity contribution is 6.00. The maximum Gasteiger partial charge on any atom is 0.251 e. The van der Waals surface area contributed by atoms with Gasteiger partial charge in [-0.25, -0.2) is 4.99 Å². The average molecular weight is 374 g/mol. The molecule has 148 valence electrons. The Bertz CT molecular complexity index is 642. The van der Waals surface area contributed by atoms with Crippen molar-refractivity contribution in [2.75, 3.05) is 26.4 Å². The minimum absolute atomic E-state index is 0.106. The Hall–Kier alpha value is -2.34. The molecule has 1 aliphatic heterocycles. The summed E-state index contributed by atoms with van der Waals surface area (Å²) in [5.74, 6) is 1.07. The zero-order valence-electron chi connectivity index (χ0n) is 16.1. The highest BCUT2D eigenvalue weighted by atomic mass is 16.5. The van der Waals surface area contributed by atoms with Crippen LogP contribution in [0.15, 0.2) is 41.9 Å². The number of rotatable bonds is 12. The number of unbranched alkanes of at least 4 members (excludes halogenated alkanes) is 2. The molecule has 1 aromatic rings. The van der Waals surface area contributed by atoms with Crippen molar-refractivity contribution in [2.45, 2.75) is 44.6 Å². The SMILES string of the molecule is C=CC[C@]1(C(=O)NCCCCC)COC(c2ccc(OCCCO)cc2)=N1. The molecular weight excluding hydrogens is 344 g/mol. The van der Waals surface area contributed by atoms with E-state index in [0.717, 1.165) is 30.6 Å². The van der Waals surface area contributed by atoms with Crippen LogP contribution in [0.2, 0.25) is 0 Å². The number of benzene rings is 1. The van der Waals surface area contributed by atoms with Gasteiger partial charge in [-0.1, -0.05) is 25.8 Å². The molecule has 0 fully saturated rings. The van der Waals surface area contributed by atoms with E-state index in [1.165, 1.54) is 0 Å². The van der Waals surface area contributed by atoms with Gasteiger partial charge < -0.3 is 19.9 Å². The highest BCUT2D eigenvalue weighted by Crippen LogP contribution is 2.27. The van der Waals surface area contributed by atoms with Crippen LogP contribution < -0.4 is 10.1 Å². The molecule has 0 saturated heterocycles. The number of aliphatic hydroxyl groups is 1. The molecule has 0 spiro atoms. The Kier molecular flexibility index (Phi) is 8.33. The summed E-state index contributed by atoms with van der Waals surface area (Å²) in [6.07, 6.45) is 5.89. The van der Waals surface area contributed by atoms with E-state index in [-0.39, 0.29) is 19.1 Å². The van der Waals surface area contributed by atoms with Crippen molar-refractivity contribution < 1.29 is 19.4 Å². The summed E-state index contributed by atoms with van der Waals surface area (Å²) >= 11 is 0. The second-order valence-electron chi connectivity index (χ2n) is 6.64. The fourth-order valence-corrected chi connectivity index (χ4v) is 2.84. The minimum Gasteiger partial charge on any atom is -0.494 e. The molecule has 1 heterocycles. The van der Waals surface area contributed by atoms with Crippen molar-refractivity contribution in [1.82, 2.24) is 5.32 Å². The van der Waals surface area contributed by atoms with Gasteiger partial charge in [0.2, 0.25) is 5.90 Å². The lowest BCUT2D eigenvalue weighted by Gasteiger charge is -2.21. The Labute approximate surface area is 161 Å². The van der Waals surface area contributed by atoms with E-state index >= 15 is 0 Å². The van der Waals surface area contributed by atoms with Crippen molar-refractivity contribution in [1.29, 1.82) is 0 Å². The van der Waals surface area contributed by atoms with Gasteiger partial charge in [-0.2, -0.15) is 0 Å². The molecule has 0 aliphatic carbocycles. The largest absolute Gasteiger partial charge is 0.494 e. The molecule has 0 saturated carbocycles. The number of carbonyl (C=O) groups excluding carboxylic acids is 1. The molecule has 0 radical (unpaired) electrons. The van der Waals surface area contributed by atoms with Crippen LogP contribution >= 0.6 is 0 Å². The van der Waals surface area contributed by atoms with Gasteiger partial charge >= 0.3 is 0 Å². The van der Waals surface area contributed by atoms with Crippen LogP contribution in [-0.2, 0) is 9.53 Å². The second-order valence-corrected chi connectivity index (χ2v) is 6.64. The zero-order chi connectivity index (χ0) is 19.5. The third kappa shape index (κ3) is 5.82. The van der Waals surface area contributed by atoms with Crippen LogP contribution in [0.5, 0.6) is 5.75 Å². The molecule has 6 nitrogen and oxygen atoms in total. The van der Waals surface area contributed by atoms with Crippen molar-refractivity contribution >= 4 is 11.8 Å². The topological polar surface area (TPSA) is 80.2 Å². The van der Waals surface area contributed by atoms with Crippen LogP contribution in [-0.4, -0.2) is 48.8 Å². The van der Waals surface area contributed by atoms with E-state index in [2.05, 4.69) is 23.8 Å². The molecule has 0 aromatic heterocycles. The molecule has 2 N–H and O–H groups in total. The molecule has 0 bridgehead atoms. The van der Waals surface area contributed by atoms with Crippen molar-refractivity contribution in [2.24, 2.45) is 4.99 Å². The van der Waals surface area contributed by atoms with Gasteiger partial charge in [-0.15, -0.1) is 6.58 Å². The zero-order valence-corrected chi connectivity index (χ0v) is 16.1. The summed E-state index contributed by atoms with van der Waals surface area (Å²) in [6.45, 7) is 7.33. The first-order valence-corrected chi connectivity index (χ1v) is 9.61. The number of amides is 1. The van der Waals surface area contributed by atoms with Gasteiger partial charge in [0.25, 0.3) is 5.91 Å². The number of aliphatic imine (C=N–C) groups is 1. The molecule has 1 aromatic carbocycles. The van der Waals surface area contributed by atoms with Crippen molar-refractivity contribution in [3.05, 3.63) is 42.5 Å². The summed E-state index contributed by atoms with van der Waals surface area (Å²) in [5, 5.41) is 11.8. The van der Waals surface area contributed by atoms with Crippen LogP contribution in [0.25, 0.3) is 0 Å². The van der Waals surface area contributed by atoms with Crippen molar-refractivity contribution in [3.63, 3.8) is 0 Å². The van der Waals surface area contributed by atoms with Crippen LogP contribution in [0.4, 0.5) is 0 Å². The van der Waals surface area contributed by atoms with Gasteiger partial charge in [-0.05, 0) is 30.7 Å². The third-order valence-electron chi connectivity index (χ3n) is 4.41. The minimum atomic E-state index is -0.945. The number of nitrogens with one attached hydrogen (secondary N) is 1. The van der Waals surface area contributed by atoms with Gasteiger partial charge in [0, 0.05) is 31.6 Å². The second kappa shape index (κ2) is 10.7. The Morgan fingerprint density at radius 2 is 2.15 bits per heavy atom. The lowest BCUT2D eigenvalue weighted by Crippen LogP contribution is -2.46. The molecule has 1 atom stereocenters. The Morgan fingerprint density at radius 3 is 2.81 bits per heavy atom. The molecule has 27 heavy (non-hydrogen) atoms. The van der Waals surface area contributed by atoms with E-state index < -0.39 is 5.54 Å². The standard InChI is InChI=1S/C21H30N2O4/c1-3-5-6-13-22-20(25)21(12-4-2)16-27-19(23-21)17-8-10-18(11-9-17)26-15-7-14-24/h4,8-11,24H,2-3,5-7,12-16H2,1H3,(H,22,25)/t21-/m1/s1. The maximum atomic E-state index is 12.7. The molecule has 0 unspecified atom stereocenters. The first-order chi connectivity index (χ1) is 13.1. The monoisotopic (exact) mass is 374 g/mol. The predicted octanol–water partition coefficient (Wildman–Crippen LogP) is 2.85. The van der Waals surface area contributed by atoms with Gasteiger partial charge in [0.05, 0.1) is 6.61 Å². The number of hydrogen-bond donors (Lipinski definition) is 2. The van der Waals surface area contributed by atoms with E-state index in [9.17, 15) is 4.79 Å². The number of carbonyl (C=O) groups is 1. The summed E-state index contributed by atoms with van der Waals surface area (Å²) in [5.41, 5.74) is -0.145. The normalized spacial score (nSPS) is 18.5. The van der Waals surface area contributed by atoms with Crippen LogP contribution in [0.1, 0.15) is 44.6 Å². The number of nitrogens with zero attached hydrogens (tertiary/aromatic N) is 1. The van der Waals surface area contributed by atoms with E-state index in [1.807, 2.05) is 24.3 Å². The first kappa shape index (κ1) is 21.0. The van der Waals surface area contributed by atoms with Crippen LogP contribution in [0.3, 0.4) is 0 Å². The van der Waals surface area contributed by atoms with E-state index in [4.69, 9.17) is 14.6 Å². The van der Waals surface area contributed by atoms with Gasteiger partial charge in [0.1, 0.15) is 12.4 Å². The Morgan fingerprint density at radius 1 is 1.37 bits per heavy atom. The smallest absolute Gasteiger partial charge is 0.251 e. The van der Waals surface area contributed by atoms with E-state index in [1.54, 1.807) is 6.08 Å². The summed E-state index contributed by atoms with van der Waals surface area (Å²) in [7, 11) is 0. The predicted molar refractivity (Wildman–Crippen MR) is 106 cm³/mol. The molecule has 6 heteroatoms. The highest BCUT2D eigenvalue weighted by Gasteiger charge is 2.43. The molecule has 1 amide bonds. The first-order valence-electron chi connectivity index (χ1n) is 9.61. The van der Waals surface area contributed by atoms with Gasteiger partial charge in [-0.3, -0.25) is 4.79 Å².